The van der Waals surface area contributed by atoms with E-state index in [-0.39, 0.29) is 11.8 Å². The van der Waals surface area contributed by atoms with Crippen LogP contribution in [0.1, 0.15) is 36.8 Å². The fourth-order valence-corrected chi connectivity index (χ4v) is 2.19. The second kappa shape index (κ2) is 8.76. The van der Waals surface area contributed by atoms with Crippen LogP contribution in [0.4, 0.5) is 11.6 Å². The van der Waals surface area contributed by atoms with Gasteiger partial charge in [-0.2, -0.15) is 0 Å². The number of aromatic nitrogens is 2. The van der Waals surface area contributed by atoms with E-state index in [1.807, 2.05) is 38.1 Å². The molecule has 0 unspecified atom stereocenters. The molecule has 24 heavy (non-hydrogen) atoms. The lowest BCUT2D eigenvalue weighted by atomic mass is 10.2. The van der Waals surface area contributed by atoms with Gasteiger partial charge in [0.15, 0.2) is 0 Å². The first-order valence-corrected chi connectivity index (χ1v) is 7.98. The minimum atomic E-state index is -0.0890. The molecule has 0 aromatic carbocycles. The van der Waals surface area contributed by atoms with Crippen molar-refractivity contribution in [3.05, 3.63) is 47.8 Å². The predicted octanol–water partition coefficient (Wildman–Crippen LogP) is 3.23. The van der Waals surface area contributed by atoms with Crippen LogP contribution < -0.4 is 10.6 Å². The number of hydrogen-bond acceptors (Lipinski definition) is 4. The number of anilines is 2. The largest absolute Gasteiger partial charge is 0.311 e. The highest BCUT2D eigenvalue weighted by Gasteiger charge is 2.06. The molecule has 0 atom stereocenters. The van der Waals surface area contributed by atoms with Gasteiger partial charge in [0.2, 0.25) is 11.8 Å². The van der Waals surface area contributed by atoms with Gasteiger partial charge in [-0.05, 0) is 62.1 Å². The number of carbonyl (C=O) groups is 2. The van der Waals surface area contributed by atoms with E-state index >= 15 is 0 Å². The number of carbonyl (C=O) groups excluding carboxylic acids is 2. The predicted molar refractivity (Wildman–Crippen MR) is 93.7 cm³/mol. The number of unbranched alkanes of at least 4 members (excludes halogenated alkanes) is 1. The molecule has 0 aliphatic rings. The quantitative estimate of drug-likeness (QED) is 0.765. The summed E-state index contributed by atoms with van der Waals surface area (Å²) in [6, 6.07) is 7.38. The van der Waals surface area contributed by atoms with Gasteiger partial charge in [0.05, 0.1) is 0 Å². The first kappa shape index (κ1) is 17.6. The van der Waals surface area contributed by atoms with Gasteiger partial charge in [0.25, 0.3) is 0 Å². The number of nitrogens with one attached hydrogen (secondary N) is 2. The Balaban J connectivity index is 1.65. The monoisotopic (exact) mass is 326 g/mol. The molecule has 2 aromatic heterocycles. The molecule has 0 spiro atoms. The molecule has 0 fully saturated rings. The highest BCUT2D eigenvalue weighted by Crippen LogP contribution is 2.09. The van der Waals surface area contributed by atoms with E-state index < -0.39 is 0 Å². The third kappa shape index (κ3) is 6.16. The zero-order chi connectivity index (χ0) is 17.4. The molecule has 2 aromatic rings. The maximum atomic E-state index is 11.8. The van der Waals surface area contributed by atoms with Crippen LogP contribution in [0, 0.1) is 13.8 Å². The topological polar surface area (TPSA) is 84.0 Å². The molecular weight excluding hydrogens is 304 g/mol. The Hall–Kier alpha value is -2.76. The van der Waals surface area contributed by atoms with E-state index in [0.717, 1.165) is 11.1 Å². The van der Waals surface area contributed by atoms with E-state index in [0.29, 0.717) is 37.3 Å². The minimum Gasteiger partial charge on any atom is -0.311 e. The summed E-state index contributed by atoms with van der Waals surface area (Å²) in [5.41, 5.74) is 2.09. The van der Waals surface area contributed by atoms with Crippen LogP contribution in [0.15, 0.2) is 36.7 Å². The SMILES string of the molecule is Cc1ccnc(NC(=O)CCCCC(=O)Nc2cc(C)ccn2)c1. The lowest BCUT2D eigenvalue weighted by Gasteiger charge is -2.06. The molecule has 6 nitrogen and oxygen atoms in total. The number of hydrogen-bond donors (Lipinski definition) is 2. The van der Waals surface area contributed by atoms with E-state index in [2.05, 4.69) is 20.6 Å². The Bertz CT molecular complexity index is 654. The third-order valence-electron chi connectivity index (χ3n) is 3.42. The van der Waals surface area contributed by atoms with E-state index in [1.165, 1.54) is 0 Å². The standard InChI is InChI=1S/C18H22N4O2/c1-13-7-9-19-15(11-13)21-17(23)5-3-4-6-18(24)22-16-12-14(2)8-10-20-16/h7-12H,3-6H2,1-2H3,(H,19,21,23)(H,20,22,24). The normalized spacial score (nSPS) is 10.2. The van der Waals surface area contributed by atoms with Gasteiger partial charge in [0.1, 0.15) is 11.6 Å². The molecule has 0 radical (unpaired) electrons. The van der Waals surface area contributed by atoms with Gasteiger partial charge in [-0.15, -0.1) is 0 Å². The summed E-state index contributed by atoms with van der Waals surface area (Å²) >= 11 is 0. The Morgan fingerprint density at radius 1 is 0.833 bits per heavy atom. The highest BCUT2D eigenvalue weighted by molar-refractivity contribution is 5.90. The molecule has 6 heteroatoms. The van der Waals surface area contributed by atoms with Crippen LogP contribution >= 0.6 is 0 Å². The zero-order valence-corrected chi connectivity index (χ0v) is 14.0. The summed E-state index contributed by atoms with van der Waals surface area (Å²) in [5, 5.41) is 5.51. The first-order valence-electron chi connectivity index (χ1n) is 7.98. The maximum Gasteiger partial charge on any atom is 0.225 e. The smallest absolute Gasteiger partial charge is 0.225 e. The summed E-state index contributed by atoms with van der Waals surface area (Å²) in [4.78, 5) is 31.8. The Kier molecular flexibility index (Phi) is 6.42. The van der Waals surface area contributed by atoms with Gasteiger partial charge < -0.3 is 10.6 Å². The molecular formula is C18H22N4O2. The van der Waals surface area contributed by atoms with Crippen molar-refractivity contribution in [1.29, 1.82) is 0 Å². The molecule has 2 rings (SSSR count). The number of aryl methyl sites for hydroxylation is 2. The second-order valence-corrected chi connectivity index (χ2v) is 5.74. The third-order valence-corrected chi connectivity index (χ3v) is 3.42. The average Bonchev–Trinajstić information content (AvgIpc) is 2.51. The highest BCUT2D eigenvalue weighted by atomic mass is 16.2. The summed E-state index contributed by atoms with van der Waals surface area (Å²) in [5.74, 6) is 0.939. The van der Waals surface area contributed by atoms with Gasteiger partial charge >= 0.3 is 0 Å². The lowest BCUT2D eigenvalue weighted by Crippen LogP contribution is -2.14. The lowest BCUT2D eigenvalue weighted by molar-refractivity contribution is -0.118. The minimum absolute atomic E-state index is 0.0890. The molecule has 0 aliphatic carbocycles. The van der Waals surface area contributed by atoms with Gasteiger partial charge in [-0.25, -0.2) is 9.97 Å². The molecule has 0 saturated heterocycles. The van der Waals surface area contributed by atoms with Crippen molar-refractivity contribution in [3.8, 4) is 0 Å². The Morgan fingerprint density at radius 3 is 1.62 bits per heavy atom. The molecule has 2 amide bonds. The summed E-state index contributed by atoms with van der Waals surface area (Å²) in [6.45, 7) is 3.89. The van der Waals surface area contributed by atoms with Crippen LogP contribution in [0.3, 0.4) is 0 Å². The molecule has 2 heterocycles. The van der Waals surface area contributed by atoms with Gasteiger partial charge in [-0.3, -0.25) is 9.59 Å². The van der Waals surface area contributed by atoms with Crippen molar-refractivity contribution in [2.75, 3.05) is 10.6 Å². The fraction of sp³-hybridized carbons (Fsp3) is 0.333. The molecule has 0 saturated carbocycles. The van der Waals surface area contributed by atoms with Crippen molar-refractivity contribution < 1.29 is 9.59 Å². The first-order chi connectivity index (χ1) is 11.5. The van der Waals surface area contributed by atoms with Crippen molar-refractivity contribution in [1.82, 2.24) is 9.97 Å². The van der Waals surface area contributed by atoms with Crippen molar-refractivity contribution in [2.45, 2.75) is 39.5 Å². The van der Waals surface area contributed by atoms with E-state index in [1.54, 1.807) is 12.4 Å². The van der Waals surface area contributed by atoms with Crippen molar-refractivity contribution >= 4 is 23.5 Å². The molecule has 0 aliphatic heterocycles. The van der Waals surface area contributed by atoms with Crippen LogP contribution in [-0.4, -0.2) is 21.8 Å². The van der Waals surface area contributed by atoms with Crippen LogP contribution in [-0.2, 0) is 9.59 Å². The van der Waals surface area contributed by atoms with Crippen molar-refractivity contribution in [2.24, 2.45) is 0 Å². The Morgan fingerprint density at radius 2 is 1.25 bits per heavy atom. The van der Waals surface area contributed by atoms with E-state index in [4.69, 9.17) is 0 Å². The van der Waals surface area contributed by atoms with Gasteiger partial charge in [-0.1, -0.05) is 0 Å². The summed E-state index contributed by atoms with van der Waals surface area (Å²) in [7, 11) is 0. The number of nitrogens with zero attached hydrogens (tertiary/aromatic N) is 2. The summed E-state index contributed by atoms with van der Waals surface area (Å²) < 4.78 is 0. The Labute approximate surface area is 141 Å². The van der Waals surface area contributed by atoms with Crippen LogP contribution in [0.25, 0.3) is 0 Å². The maximum absolute atomic E-state index is 11.8. The molecule has 2 N–H and O–H groups in total. The van der Waals surface area contributed by atoms with Crippen LogP contribution in [0.5, 0.6) is 0 Å². The zero-order valence-electron chi connectivity index (χ0n) is 14.0. The second-order valence-electron chi connectivity index (χ2n) is 5.74. The summed E-state index contributed by atoms with van der Waals surface area (Å²) in [6.07, 6.45) is 5.35. The number of amides is 2. The molecule has 0 bridgehead atoms. The average molecular weight is 326 g/mol. The van der Waals surface area contributed by atoms with Crippen LogP contribution in [0.2, 0.25) is 0 Å². The van der Waals surface area contributed by atoms with Gasteiger partial charge in [0, 0.05) is 25.2 Å². The fourth-order valence-electron chi connectivity index (χ4n) is 2.19. The number of rotatable bonds is 7. The molecule has 126 valence electrons. The van der Waals surface area contributed by atoms with Crippen molar-refractivity contribution in [3.63, 3.8) is 0 Å². The number of pyridine rings is 2. The van der Waals surface area contributed by atoms with E-state index in [9.17, 15) is 9.59 Å².